The number of benzene rings is 1. The maximum Gasteiger partial charge on any atom is 0.272 e. The van der Waals surface area contributed by atoms with Crippen molar-refractivity contribution in [1.82, 2.24) is 19.9 Å². The summed E-state index contributed by atoms with van der Waals surface area (Å²) in [6, 6.07) is 12.7. The standard InChI is InChI=1S/C20H20N4O3/c1-12(2)15(11-25)22-20(26)14-7-8-19-21-10-16(24(19)23-14)18-9-13-5-3-4-6-17(13)27-18/h3-10,12,15,25H,11H2,1-2H3,(H,22,26)/t15-/m0/s1. The second-order valence-corrected chi connectivity index (χ2v) is 6.79. The van der Waals surface area contributed by atoms with Crippen LogP contribution in [0.1, 0.15) is 24.3 Å². The Labute approximate surface area is 155 Å². The van der Waals surface area contributed by atoms with Crippen LogP contribution in [0.4, 0.5) is 0 Å². The first-order valence-corrected chi connectivity index (χ1v) is 8.82. The monoisotopic (exact) mass is 364 g/mol. The van der Waals surface area contributed by atoms with Crippen LogP contribution in [0.5, 0.6) is 0 Å². The smallest absolute Gasteiger partial charge is 0.272 e. The van der Waals surface area contributed by atoms with Crippen molar-refractivity contribution in [1.29, 1.82) is 0 Å². The molecule has 3 aromatic heterocycles. The van der Waals surface area contributed by atoms with E-state index in [4.69, 9.17) is 4.42 Å². The number of aliphatic hydroxyl groups excluding tert-OH is 1. The zero-order valence-corrected chi connectivity index (χ0v) is 15.1. The quantitative estimate of drug-likeness (QED) is 0.568. The number of hydrogen-bond donors (Lipinski definition) is 2. The number of nitrogens with zero attached hydrogens (tertiary/aromatic N) is 3. The summed E-state index contributed by atoms with van der Waals surface area (Å²) in [5.41, 5.74) is 2.30. The molecule has 2 N–H and O–H groups in total. The minimum Gasteiger partial charge on any atom is -0.454 e. The van der Waals surface area contributed by atoms with Crippen LogP contribution in [0, 0.1) is 5.92 Å². The summed E-state index contributed by atoms with van der Waals surface area (Å²) in [5.74, 6) is 0.403. The lowest BCUT2D eigenvalue weighted by Gasteiger charge is -2.19. The van der Waals surface area contributed by atoms with Crippen LogP contribution in [-0.4, -0.2) is 38.3 Å². The lowest BCUT2D eigenvalue weighted by Crippen LogP contribution is -2.41. The van der Waals surface area contributed by atoms with Crippen molar-refractivity contribution in [2.45, 2.75) is 19.9 Å². The lowest BCUT2D eigenvalue weighted by molar-refractivity contribution is 0.0890. The molecule has 0 radical (unpaired) electrons. The molecule has 0 unspecified atom stereocenters. The van der Waals surface area contributed by atoms with Crippen molar-refractivity contribution >= 4 is 22.5 Å². The first-order chi connectivity index (χ1) is 13.1. The fourth-order valence-corrected chi connectivity index (χ4v) is 2.94. The second kappa shape index (κ2) is 6.85. The first kappa shape index (κ1) is 17.2. The maximum absolute atomic E-state index is 12.5. The molecule has 7 nitrogen and oxygen atoms in total. The van der Waals surface area contributed by atoms with Crippen LogP contribution in [-0.2, 0) is 0 Å². The van der Waals surface area contributed by atoms with Gasteiger partial charge in [-0.15, -0.1) is 0 Å². The minimum atomic E-state index is -0.339. The van der Waals surface area contributed by atoms with Gasteiger partial charge in [0.1, 0.15) is 17.0 Å². The molecule has 1 aromatic carbocycles. The predicted molar refractivity (Wildman–Crippen MR) is 101 cm³/mol. The average Bonchev–Trinajstić information content (AvgIpc) is 3.28. The van der Waals surface area contributed by atoms with Crippen molar-refractivity contribution in [3.63, 3.8) is 0 Å². The van der Waals surface area contributed by atoms with E-state index >= 15 is 0 Å². The molecule has 27 heavy (non-hydrogen) atoms. The van der Waals surface area contributed by atoms with Crippen LogP contribution < -0.4 is 5.32 Å². The molecule has 0 aliphatic carbocycles. The van der Waals surface area contributed by atoms with E-state index in [0.29, 0.717) is 17.1 Å². The molecule has 1 amide bonds. The molecule has 0 saturated carbocycles. The molecule has 0 bridgehead atoms. The number of aromatic nitrogens is 3. The summed E-state index contributed by atoms with van der Waals surface area (Å²) in [7, 11) is 0. The molecule has 7 heteroatoms. The van der Waals surface area contributed by atoms with Crippen molar-refractivity contribution in [2.75, 3.05) is 6.61 Å². The number of imidazole rings is 1. The summed E-state index contributed by atoms with van der Waals surface area (Å²) in [4.78, 5) is 16.9. The largest absolute Gasteiger partial charge is 0.454 e. The third kappa shape index (κ3) is 3.17. The summed E-state index contributed by atoms with van der Waals surface area (Å²) in [5, 5.41) is 17.7. The number of aliphatic hydroxyl groups is 1. The summed E-state index contributed by atoms with van der Waals surface area (Å²) in [6.45, 7) is 3.75. The van der Waals surface area contributed by atoms with Gasteiger partial charge in [-0.3, -0.25) is 4.79 Å². The number of hydrogen-bond acceptors (Lipinski definition) is 5. The van der Waals surface area contributed by atoms with Gasteiger partial charge in [0.15, 0.2) is 11.4 Å². The molecule has 1 atom stereocenters. The molecular formula is C20H20N4O3. The molecular weight excluding hydrogens is 344 g/mol. The number of rotatable bonds is 5. The van der Waals surface area contributed by atoms with Gasteiger partial charge < -0.3 is 14.8 Å². The second-order valence-electron chi connectivity index (χ2n) is 6.79. The average molecular weight is 364 g/mol. The van der Waals surface area contributed by atoms with Crippen molar-refractivity contribution in [2.24, 2.45) is 5.92 Å². The topological polar surface area (TPSA) is 92.7 Å². The lowest BCUT2D eigenvalue weighted by atomic mass is 10.1. The Morgan fingerprint density at radius 1 is 1.26 bits per heavy atom. The number of carbonyl (C=O) groups excluding carboxylic acids is 1. The molecule has 0 aliphatic heterocycles. The highest BCUT2D eigenvalue weighted by molar-refractivity contribution is 5.92. The Kier molecular flexibility index (Phi) is 4.37. The van der Waals surface area contributed by atoms with Gasteiger partial charge in [-0.25, -0.2) is 9.50 Å². The van der Waals surface area contributed by atoms with E-state index in [1.807, 2.05) is 44.2 Å². The number of amides is 1. The van der Waals surface area contributed by atoms with Gasteiger partial charge in [-0.2, -0.15) is 5.10 Å². The highest BCUT2D eigenvalue weighted by Crippen LogP contribution is 2.27. The Morgan fingerprint density at radius 2 is 2.07 bits per heavy atom. The van der Waals surface area contributed by atoms with Gasteiger partial charge in [0.25, 0.3) is 5.91 Å². The first-order valence-electron chi connectivity index (χ1n) is 8.82. The van der Waals surface area contributed by atoms with E-state index in [1.54, 1.807) is 22.8 Å². The maximum atomic E-state index is 12.5. The molecule has 0 aliphatic rings. The van der Waals surface area contributed by atoms with E-state index in [0.717, 1.165) is 11.0 Å². The van der Waals surface area contributed by atoms with Crippen LogP contribution in [0.15, 0.2) is 53.1 Å². The Balaban J connectivity index is 1.72. The van der Waals surface area contributed by atoms with Gasteiger partial charge >= 0.3 is 0 Å². The zero-order valence-electron chi connectivity index (χ0n) is 15.1. The summed E-state index contributed by atoms with van der Waals surface area (Å²) < 4.78 is 7.49. The Morgan fingerprint density at radius 3 is 2.81 bits per heavy atom. The molecule has 0 spiro atoms. The number of fused-ring (bicyclic) bond motifs is 2. The third-order valence-electron chi connectivity index (χ3n) is 4.59. The van der Waals surface area contributed by atoms with Gasteiger partial charge in [0.2, 0.25) is 0 Å². The van der Waals surface area contributed by atoms with Crippen LogP contribution in [0.2, 0.25) is 0 Å². The molecule has 4 rings (SSSR count). The highest BCUT2D eigenvalue weighted by Gasteiger charge is 2.19. The number of para-hydroxylation sites is 1. The summed E-state index contributed by atoms with van der Waals surface area (Å²) in [6.07, 6.45) is 1.67. The molecule has 3 heterocycles. The normalized spacial score (nSPS) is 12.7. The fourth-order valence-electron chi connectivity index (χ4n) is 2.94. The highest BCUT2D eigenvalue weighted by atomic mass is 16.3. The Hall–Kier alpha value is -3.19. The third-order valence-corrected chi connectivity index (χ3v) is 4.59. The van der Waals surface area contributed by atoms with E-state index in [9.17, 15) is 9.90 Å². The zero-order chi connectivity index (χ0) is 19.0. The molecule has 4 aromatic rings. The van der Waals surface area contributed by atoms with Crippen molar-refractivity contribution in [3.8, 4) is 11.5 Å². The molecule has 0 fully saturated rings. The van der Waals surface area contributed by atoms with Gasteiger partial charge in [-0.1, -0.05) is 32.0 Å². The number of carbonyl (C=O) groups is 1. The van der Waals surface area contributed by atoms with Gasteiger partial charge in [0, 0.05) is 5.39 Å². The minimum absolute atomic E-state index is 0.113. The molecule has 138 valence electrons. The fraction of sp³-hybridized carbons (Fsp3) is 0.250. The van der Waals surface area contributed by atoms with E-state index in [2.05, 4.69) is 15.4 Å². The van der Waals surface area contributed by atoms with E-state index < -0.39 is 0 Å². The predicted octanol–water partition coefficient (Wildman–Crippen LogP) is 2.89. The molecule has 0 saturated heterocycles. The Bertz CT molecular complexity index is 1080. The van der Waals surface area contributed by atoms with Crippen LogP contribution in [0.3, 0.4) is 0 Å². The number of furan rings is 1. The van der Waals surface area contributed by atoms with Gasteiger partial charge in [-0.05, 0) is 30.2 Å². The van der Waals surface area contributed by atoms with Crippen LogP contribution in [0.25, 0.3) is 28.1 Å². The van der Waals surface area contributed by atoms with E-state index in [-0.39, 0.29) is 30.2 Å². The van der Waals surface area contributed by atoms with Crippen LogP contribution >= 0.6 is 0 Å². The SMILES string of the molecule is CC(C)[C@H](CO)NC(=O)c1ccc2ncc(-c3cc4ccccc4o3)n2n1. The van der Waals surface area contributed by atoms with Gasteiger partial charge in [0.05, 0.1) is 18.8 Å². The van der Waals surface area contributed by atoms with E-state index in [1.165, 1.54) is 0 Å². The van der Waals surface area contributed by atoms with Crippen molar-refractivity contribution in [3.05, 3.63) is 54.4 Å². The summed E-state index contributed by atoms with van der Waals surface area (Å²) >= 11 is 0. The number of nitrogens with one attached hydrogen (secondary N) is 1. The van der Waals surface area contributed by atoms with Crippen molar-refractivity contribution < 1.29 is 14.3 Å².